The largest absolute Gasteiger partial charge is 0.461 e. The highest BCUT2D eigenvalue weighted by Crippen LogP contribution is 2.41. The molecule has 0 fully saturated rings. The third-order valence-electron chi connectivity index (χ3n) is 1.76. The molecule has 0 radical (unpaired) electrons. The first-order valence-electron chi connectivity index (χ1n) is 4.40. The highest BCUT2D eigenvalue weighted by Gasteiger charge is 2.45. The normalized spacial score (nSPS) is 12.5. The third kappa shape index (κ3) is 3.19. The summed E-state index contributed by atoms with van der Waals surface area (Å²) in [6.45, 7) is 1.18. The fourth-order valence-electron chi connectivity index (χ4n) is 0.995. The number of esters is 1. The van der Waals surface area contributed by atoms with Gasteiger partial charge < -0.3 is 4.74 Å². The summed E-state index contributed by atoms with van der Waals surface area (Å²) in [6.07, 6.45) is 0. The zero-order valence-electron chi connectivity index (χ0n) is 8.75. The van der Waals surface area contributed by atoms with Crippen LogP contribution in [0.4, 0.5) is 8.78 Å². The number of rotatable bonds is 4. The van der Waals surface area contributed by atoms with E-state index in [9.17, 15) is 22.0 Å². The Morgan fingerprint density at radius 2 is 2.17 bits per heavy atom. The van der Waals surface area contributed by atoms with Crippen molar-refractivity contribution >= 4 is 53.0 Å². The smallest absolute Gasteiger partial charge is 0.382 e. The summed E-state index contributed by atoms with van der Waals surface area (Å²) < 4.78 is 53.4. The average molecular weight is 384 g/mol. The fraction of sp³-hybridized carbons (Fsp3) is 0.375. The number of alkyl halides is 2. The first-order valence-corrected chi connectivity index (χ1v) is 8.32. The van der Waals surface area contributed by atoms with E-state index in [4.69, 9.17) is 10.7 Å². The maximum Gasteiger partial charge on any atom is 0.382 e. The van der Waals surface area contributed by atoms with Gasteiger partial charge in [-0.05, 0) is 28.9 Å². The van der Waals surface area contributed by atoms with Crippen LogP contribution >= 0.6 is 37.9 Å². The van der Waals surface area contributed by atoms with Gasteiger partial charge in [0, 0.05) is 10.7 Å². The van der Waals surface area contributed by atoms with Crippen molar-refractivity contribution in [3.63, 3.8) is 0 Å². The minimum atomic E-state index is -4.16. The van der Waals surface area contributed by atoms with Gasteiger partial charge in [0.05, 0.1) is 15.3 Å². The Morgan fingerprint density at radius 3 is 2.56 bits per heavy atom. The van der Waals surface area contributed by atoms with E-state index >= 15 is 0 Å². The molecule has 1 heterocycles. The summed E-state index contributed by atoms with van der Waals surface area (Å²) in [5.41, 5.74) is 0. The van der Waals surface area contributed by atoms with Gasteiger partial charge in [0.1, 0.15) is 4.90 Å². The van der Waals surface area contributed by atoms with Gasteiger partial charge in [-0.25, -0.2) is 13.2 Å². The second-order valence-electron chi connectivity index (χ2n) is 2.98. The van der Waals surface area contributed by atoms with Gasteiger partial charge in [0.15, 0.2) is 0 Å². The molecule has 10 heteroatoms. The molecule has 102 valence electrons. The summed E-state index contributed by atoms with van der Waals surface area (Å²) in [6, 6.07) is 0.647. The van der Waals surface area contributed by atoms with Gasteiger partial charge in [-0.2, -0.15) is 8.78 Å². The summed E-state index contributed by atoms with van der Waals surface area (Å²) in [5, 5.41) is 0. The number of halogens is 4. The molecule has 4 nitrogen and oxygen atoms in total. The van der Waals surface area contributed by atoms with E-state index in [-0.39, 0.29) is 10.4 Å². The molecule has 0 bridgehead atoms. The van der Waals surface area contributed by atoms with E-state index in [1.165, 1.54) is 6.92 Å². The third-order valence-corrected chi connectivity index (χ3v) is 5.40. The van der Waals surface area contributed by atoms with Crippen LogP contribution in [0.1, 0.15) is 11.8 Å². The van der Waals surface area contributed by atoms with Crippen molar-refractivity contribution in [3.8, 4) is 0 Å². The molecule has 0 atom stereocenters. The lowest BCUT2D eigenvalue weighted by Crippen LogP contribution is -2.27. The average Bonchev–Trinajstić information content (AvgIpc) is 2.60. The molecule has 1 aromatic rings. The van der Waals surface area contributed by atoms with Gasteiger partial charge in [-0.3, -0.25) is 0 Å². The molecule has 0 aromatic carbocycles. The minimum absolute atomic E-state index is 0.100. The van der Waals surface area contributed by atoms with E-state index in [0.717, 1.165) is 0 Å². The highest BCUT2D eigenvalue weighted by molar-refractivity contribution is 9.11. The van der Waals surface area contributed by atoms with Crippen LogP contribution in [-0.4, -0.2) is 21.0 Å². The summed E-state index contributed by atoms with van der Waals surface area (Å²) >= 11 is 3.21. The number of ether oxygens (including phenoxy) is 1. The maximum absolute atomic E-state index is 13.6. The molecule has 0 unspecified atom stereocenters. The quantitative estimate of drug-likeness (QED) is 0.592. The summed E-state index contributed by atoms with van der Waals surface area (Å²) in [4.78, 5) is 9.81. The molecule has 0 spiro atoms. The van der Waals surface area contributed by atoms with Crippen LogP contribution in [0.3, 0.4) is 0 Å². The van der Waals surface area contributed by atoms with E-state index in [0.29, 0.717) is 17.4 Å². The van der Waals surface area contributed by atoms with Crippen LogP contribution < -0.4 is 0 Å². The number of hydrogen-bond donors (Lipinski definition) is 0. The van der Waals surface area contributed by atoms with Crippen LogP contribution in [0, 0.1) is 0 Å². The van der Waals surface area contributed by atoms with Crippen LogP contribution in [0.2, 0.25) is 0 Å². The van der Waals surface area contributed by atoms with Crippen molar-refractivity contribution in [3.05, 3.63) is 14.7 Å². The number of hydrogen-bond acceptors (Lipinski definition) is 5. The van der Waals surface area contributed by atoms with Gasteiger partial charge >= 0.3 is 11.9 Å². The number of thiophene rings is 1. The molecule has 1 aromatic heterocycles. The SMILES string of the molecule is CCOC(=O)C(F)(F)c1cc(S(=O)(=O)Cl)c(Br)s1. The lowest BCUT2D eigenvalue weighted by atomic mass is 10.3. The highest BCUT2D eigenvalue weighted by atomic mass is 79.9. The molecule has 0 aliphatic heterocycles. The van der Waals surface area contributed by atoms with Crippen LogP contribution in [-0.2, 0) is 24.5 Å². The lowest BCUT2D eigenvalue weighted by molar-refractivity contribution is -0.172. The Morgan fingerprint density at radius 1 is 1.61 bits per heavy atom. The first kappa shape index (κ1) is 15.8. The molecule has 0 N–H and O–H groups in total. The maximum atomic E-state index is 13.6. The van der Waals surface area contributed by atoms with Crippen LogP contribution in [0.5, 0.6) is 0 Å². The summed E-state index contributed by atoms with van der Waals surface area (Å²) in [5.74, 6) is -5.65. The van der Waals surface area contributed by atoms with Gasteiger partial charge in [-0.15, -0.1) is 11.3 Å². The Balaban J connectivity index is 3.23. The summed E-state index contributed by atoms with van der Waals surface area (Å²) in [7, 11) is 0.895. The lowest BCUT2D eigenvalue weighted by Gasteiger charge is -2.12. The number of carbonyl (C=O) groups is 1. The monoisotopic (exact) mass is 382 g/mol. The van der Waals surface area contributed by atoms with Gasteiger partial charge in [0.2, 0.25) is 0 Å². The van der Waals surface area contributed by atoms with E-state index in [2.05, 4.69) is 20.7 Å². The Labute approximate surface area is 118 Å². The standard InChI is InChI=1S/C8H6BrClF2O4S2/c1-2-16-7(13)8(11,12)5-3-4(6(9)17-5)18(10,14)15/h3H,2H2,1H3. The Hall–Kier alpha value is -0.250. The van der Waals surface area contributed by atoms with Crippen molar-refractivity contribution in [2.45, 2.75) is 17.7 Å². The molecule has 0 saturated carbocycles. The Kier molecular flexibility index (Phi) is 4.74. The predicted molar refractivity (Wildman–Crippen MR) is 65.6 cm³/mol. The van der Waals surface area contributed by atoms with Crippen LogP contribution in [0.25, 0.3) is 0 Å². The van der Waals surface area contributed by atoms with Crippen molar-refractivity contribution < 1.29 is 26.7 Å². The van der Waals surface area contributed by atoms with Crippen molar-refractivity contribution in [1.29, 1.82) is 0 Å². The van der Waals surface area contributed by atoms with E-state index in [1.807, 2.05) is 0 Å². The van der Waals surface area contributed by atoms with Crippen molar-refractivity contribution in [2.24, 2.45) is 0 Å². The number of carbonyl (C=O) groups excluding carboxylic acids is 1. The molecule has 1 rings (SSSR count). The van der Waals surface area contributed by atoms with Crippen molar-refractivity contribution in [2.75, 3.05) is 6.61 Å². The van der Waals surface area contributed by atoms with Crippen molar-refractivity contribution in [1.82, 2.24) is 0 Å². The fourth-order valence-corrected chi connectivity index (χ4v) is 4.77. The topological polar surface area (TPSA) is 60.4 Å². The molecular formula is C8H6BrClF2O4S2. The molecule has 18 heavy (non-hydrogen) atoms. The first-order chi connectivity index (χ1) is 8.10. The second kappa shape index (κ2) is 5.40. The second-order valence-corrected chi connectivity index (χ2v) is 7.89. The predicted octanol–water partition coefficient (Wildman–Crippen LogP) is 3.09. The molecular weight excluding hydrogens is 378 g/mol. The van der Waals surface area contributed by atoms with Gasteiger partial charge in [0.25, 0.3) is 9.05 Å². The molecule has 0 saturated heterocycles. The molecule has 0 aliphatic carbocycles. The Bertz CT molecular complexity index is 570. The van der Waals surface area contributed by atoms with Gasteiger partial charge in [-0.1, -0.05) is 0 Å². The van der Waals surface area contributed by atoms with E-state index < -0.39 is 30.7 Å². The van der Waals surface area contributed by atoms with E-state index in [1.54, 1.807) is 0 Å². The zero-order chi connectivity index (χ0) is 14.1. The zero-order valence-corrected chi connectivity index (χ0v) is 12.7. The minimum Gasteiger partial charge on any atom is -0.461 e. The van der Waals surface area contributed by atoms with Crippen LogP contribution in [0.15, 0.2) is 14.7 Å². The molecule has 0 amide bonds. The molecule has 0 aliphatic rings.